The highest BCUT2D eigenvalue weighted by Gasteiger charge is 2.50. The number of ether oxygens (including phenoxy) is 1. The van der Waals surface area contributed by atoms with Crippen LogP contribution in [0.4, 0.5) is 0 Å². The minimum Gasteiger partial charge on any atom is -0.375 e. The van der Waals surface area contributed by atoms with Crippen LogP contribution in [0.25, 0.3) is 0 Å². The second-order valence-electron chi connectivity index (χ2n) is 7.12. The van der Waals surface area contributed by atoms with E-state index in [2.05, 4.69) is 5.16 Å². The summed E-state index contributed by atoms with van der Waals surface area (Å²) in [6.07, 6.45) is 2.09. The number of carbonyl (C=O) groups excluding carboxylic acids is 2. The number of amides is 2. The van der Waals surface area contributed by atoms with Crippen LogP contribution in [0.1, 0.15) is 35.0 Å². The molecule has 3 heterocycles. The number of hydrogen-bond acceptors (Lipinski definition) is 7. The van der Waals surface area contributed by atoms with E-state index in [1.54, 1.807) is 6.07 Å². The fraction of sp³-hybridized carbons (Fsp3) is 0.688. The van der Waals surface area contributed by atoms with Crippen LogP contribution >= 0.6 is 0 Å². The first-order valence-electron chi connectivity index (χ1n) is 8.66. The third-order valence-electron chi connectivity index (χ3n) is 5.26. The molecule has 142 valence electrons. The van der Waals surface area contributed by atoms with Crippen LogP contribution in [0.15, 0.2) is 10.6 Å². The van der Waals surface area contributed by atoms with Crippen LogP contribution in [0.5, 0.6) is 0 Å². The number of piperazine rings is 1. The summed E-state index contributed by atoms with van der Waals surface area (Å²) < 4.78 is 34.5. The van der Waals surface area contributed by atoms with E-state index in [1.165, 1.54) is 16.9 Å². The molecule has 2 amide bonds. The van der Waals surface area contributed by atoms with Crippen molar-refractivity contribution in [2.24, 2.45) is 0 Å². The zero-order valence-electron chi connectivity index (χ0n) is 14.5. The monoisotopic (exact) mass is 383 g/mol. The van der Waals surface area contributed by atoms with Gasteiger partial charge in [0.25, 0.3) is 5.91 Å². The summed E-state index contributed by atoms with van der Waals surface area (Å²) >= 11 is 0. The number of rotatable bonds is 4. The molecule has 1 aromatic heterocycles. The van der Waals surface area contributed by atoms with E-state index in [0.29, 0.717) is 5.92 Å². The van der Waals surface area contributed by atoms with Gasteiger partial charge in [0.1, 0.15) is 6.61 Å². The molecule has 3 fully saturated rings. The third-order valence-corrected chi connectivity index (χ3v) is 6.96. The maximum atomic E-state index is 12.9. The Morgan fingerprint density at radius 1 is 1.23 bits per heavy atom. The van der Waals surface area contributed by atoms with Gasteiger partial charge in [0.15, 0.2) is 9.84 Å². The SMILES string of the molecule is COCC(=O)N1CCN(C(=O)c2cc(C3CC3)no2)[C@H]2CS(=O)(=O)C[C@H]21. The molecule has 0 aromatic carbocycles. The van der Waals surface area contributed by atoms with Crippen LogP contribution in [0.2, 0.25) is 0 Å². The lowest BCUT2D eigenvalue weighted by Gasteiger charge is -2.43. The Morgan fingerprint density at radius 2 is 1.88 bits per heavy atom. The van der Waals surface area contributed by atoms with E-state index >= 15 is 0 Å². The van der Waals surface area contributed by atoms with E-state index < -0.39 is 21.9 Å². The second kappa shape index (κ2) is 6.34. The summed E-state index contributed by atoms with van der Waals surface area (Å²) in [5.74, 6) is -0.419. The molecule has 4 rings (SSSR count). The van der Waals surface area contributed by atoms with Crippen molar-refractivity contribution in [3.05, 3.63) is 17.5 Å². The lowest BCUT2D eigenvalue weighted by Crippen LogP contribution is -2.62. The molecule has 26 heavy (non-hydrogen) atoms. The second-order valence-corrected chi connectivity index (χ2v) is 9.27. The maximum Gasteiger partial charge on any atom is 0.292 e. The Balaban J connectivity index is 1.57. The zero-order valence-corrected chi connectivity index (χ0v) is 15.3. The molecule has 0 bridgehead atoms. The van der Waals surface area contributed by atoms with Crippen LogP contribution in [0.3, 0.4) is 0 Å². The number of aromatic nitrogens is 1. The first-order valence-corrected chi connectivity index (χ1v) is 10.5. The van der Waals surface area contributed by atoms with Gasteiger partial charge in [-0.25, -0.2) is 8.42 Å². The van der Waals surface area contributed by atoms with Gasteiger partial charge < -0.3 is 19.1 Å². The fourth-order valence-electron chi connectivity index (χ4n) is 3.82. The van der Waals surface area contributed by atoms with Gasteiger partial charge in [-0.05, 0) is 12.8 Å². The Hall–Kier alpha value is -1.94. The minimum absolute atomic E-state index is 0.107. The Morgan fingerprint density at radius 3 is 2.54 bits per heavy atom. The standard InChI is InChI=1S/C16H21N3O6S/c1-24-7-15(20)18-4-5-19(13-9-26(22,23)8-12(13)18)16(21)14-6-11(17-25-14)10-2-3-10/h6,10,12-13H,2-5,7-9H2,1H3/t12-,13+/m1/s1. The Labute approximate surface area is 151 Å². The summed E-state index contributed by atoms with van der Waals surface area (Å²) in [7, 11) is -1.91. The van der Waals surface area contributed by atoms with Crippen LogP contribution in [0, 0.1) is 0 Å². The van der Waals surface area contributed by atoms with Crippen molar-refractivity contribution in [1.29, 1.82) is 0 Å². The molecule has 0 radical (unpaired) electrons. The number of methoxy groups -OCH3 is 1. The molecule has 2 atom stereocenters. The highest BCUT2D eigenvalue weighted by atomic mass is 32.2. The molecule has 1 aromatic rings. The van der Waals surface area contributed by atoms with Crippen molar-refractivity contribution in [3.8, 4) is 0 Å². The maximum absolute atomic E-state index is 12.9. The average Bonchev–Trinajstić information content (AvgIpc) is 3.22. The van der Waals surface area contributed by atoms with Gasteiger partial charge in [0.05, 0.1) is 29.3 Å². The van der Waals surface area contributed by atoms with Gasteiger partial charge in [0, 0.05) is 32.2 Å². The van der Waals surface area contributed by atoms with Gasteiger partial charge in [-0.15, -0.1) is 0 Å². The van der Waals surface area contributed by atoms with E-state index in [1.807, 2.05) is 0 Å². The largest absolute Gasteiger partial charge is 0.375 e. The highest BCUT2D eigenvalue weighted by molar-refractivity contribution is 7.91. The highest BCUT2D eigenvalue weighted by Crippen LogP contribution is 2.39. The molecule has 1 saturated carbocycles. The molecular weight excluding hydrogens is 362 g/mol. The molecule has 0 unspecified atom stereocenters. The molecule has 10 heteroatoms. The number of carbonyl (C=O) groups is 2. The lowest BCUT2D eigenvalue weighted by atomic mass is 10.0. The summed E-state index contributed by atoms with van der Waals surface area (Å²) in [5, 5.41) is 3.95. The van der Waals surface area contributed by atoms with E-state index in [4.69, 9.17) is 9.26 Å². The minimum atomic E-state index is -3.33. The molecule has 3 aliphatic rings. The molecule has 2 aliphatic heterocycles. The molecule has 9 nitrogen and oxygen atoms in total. The molecule has 0 N–H and O–H groups in total. The van der Waals surface area contributed by atoms with Gasteiger partial charge in [-0.1, -0.05) is 5.16 Å². The van der Waals surface area contributed by atoms with Crippen LogP contribution < -0.4 is 0 Å². The van der Waals surface area contributed by atoms with E-state index in [0.717, 1.165) is 18.5 Å². The van der Waals surface area contributed by atoms with Gasteiger partial charge in [-0.2, -0.15) is 0 Å². The number of fused-ring (bicyclic) bond motifs is 1. The van der Waals surface area contributed by atoms with E-state index in [9.17, 15) is 18.0 Å². The quantitative estimate of drug-likeness (QED) is 0.699. The summed E-state index contributed by atoms with van der Waals surface area (Å²) in [6, 6.07) is 0.531. The molecular formula is C16H21N3O6S. The van der Waals surface area contributed by atoms with Crippen molar-refractivity contribution in [2.45, 2.75) is 30.8 Å². The molecule has 0 spiro atoms. The van der Waals surface area contributed by atoms with E-state index in [-0.39, 0.29) is 48.8 Å². The van der Waals surface area contributed by atoms with Gasteiger partial charge >= 0.3 is 0 Å². The summed E-state index contributed by atoms with van der Waals surface area (Å²) in [5.41, 5.74) is 0.776. The van der Waals surface area contributed by atoms with Gasteiger partial charge in [0.2, 0.25) is 11.7 Å². The zero-order chi connectivity index (χ0) is 18.5. The average molecular weight is 383 g/mol. The topological polar surface area (TPSA) is 110 Å². The van der Waals surface area contributed by atoms with Crippen molar-refractivity contribution in [3.63, 3.8) is 0 Å². The Bertz CT molecular complexity index is 831. The Kier molecular flexibility index (Phi) is 4.26. The summed E-state index contributed by atoms with van der Waals surface area (Å²) in [4.78, 5) is 28.2. The van der Waals surface area contributed by atoms with Crippen LogP contribution in [-0.4, -0.2) is 85.6 Å². The smallest absolute Gasteiger partial charge is 0.292 e. The third kappa shape index (κ3) is 3.11. The number of nitrogens with zero attached hydrogens (tertiary/aromatic N) is 3. The predicted molar refractivity (Wildman–Crippen MR) is 89.3 cm³/mol. The van der Waals surface area contributed by atoms with Crippen molar-refractivity contribution >= 4 is 21.7 Å². The van der Waals surface area contributed by atoms with Gasteiger partial charge in [-0.3, -0.25) is 9.59 Å². The lowest BCUT2D eigenvalue weighted by molar-refractivity contribution is -0.140. The predicted octanol–water partition coefficient (Wildman–Crippen LogP) is -0.352. The van der Waals surface area contributed by atoms with Crippen molar-refractivity contribution in [2.75, 3.05) is 38.3 Å². The number of sulfone groups is 1. The van der Waals surface area contributed by atoms with Crippen LogP contribution in [-0.2, 0) is 19.4 Å². The molecule has 2 saturated heterocycles. The van der Waals surface area contributed by atoms with Crippen molar-refractivity contribution < 1.29 is 27.3 Å². The fourth-order valence-corrected chi connectivity index (χ4v) is 5.80. The first kappa shape index (κ1) is 17.5. The summed E-state index contributed by atoms with van der Waals surface area (Å²) in [6.45, 7) is 0.419. The normalized spacial score (nSPS) is 27.4. The number of hydrogen-bond donors (Lipinski definition) is 0. The van der Waals surface area contributed by atoms with Crippen molar-refractivity contribution in [1.82, 2.24) is 15.0 Å². The molecule has 1 aliphatic carbocycles. The first-order chi connectivity index (χ1) is 12.4.